The van der Waals surface area contributed by atoms with E-state index < -0.39 is 0 Å². The lowest BCUT2D eigenvalue weighted by molar-refractivity contribution is 0.185. The molecule has 1 rings (SSSR count). The molecule has 0 spiro atoms. The van der Waals surface area contributed by atoms with E-state index in [4.69, 9.17) is 16.3 Å². The zero-order valence-electron chi connectivity index (χ0n) is 12.5. The van der Waals surface area contributed by atoms with Gasteiger partial charge >= 0.3 is 0 Å². The van der Waals surface area contributed by atoms with Crippen LogP contribution in [0.15, 0.2) is 12.1 Å². The summed E-state index contributed by atoms with van der Waals surface area (Å²) < 4.78 is 5.83. The minimum Gasteiger partial charge on any atom is -0.475 e. The van der Waals surface area contributed by atoms with Crippen LogP contribution in [0.1, 0.15) is 46.7 Å². The number of nitrogens with zero attached hydrogens (tertiary/aromatic N) is 1. The predicted octanol–water partition coefficient (Wildman–Crippen LogP) is 4.05. The molecular weight excluding hydrogens is 260 g/mol. The summed E-state index contributed by atoms with van der Waals surface area (Å²) in [5.74, 6) is 1.27. The van der Waals surface area contributed by atoms with Crippen LogP contribution in [-0.4, -0.2) is 17.1 Å². The van der Waals surface area contributed by atoms with E-state index in [1.165, 1.54) is 0 Å². The van der Waals surface area contributed by atoms with E-state index >= 15 is 0 Å². The topological polar surface area (TPSA) is 34.1 Å². The van der Waals surface area contributed by atoms with Crippen molar-refractivity contribution in [3.8, 4) is 5.88 Å². The van der Waals surface area contributed by atoms with E-state index in [1.54, 1.807) is 0 Å². The van der Waals surface area contributed by atoms with Crippen LogP contribution >= 0.6 is 11.6 Å². The van der Waals surface area contributed by atoms with Gasteiger partial charge in [-0.1, -0.05) is 39.3 Å². The number of nitrogens with one attached hydrogen (secondary N) is 1. The van der Waals surface area contributed by atoms with Gasteiger partial charge in [0.15, 0.2) is 0 Å². The monoisotopic (exact) mass is 284 g/mol. The van der Waals surface area contributed by atoms with Crippen molar-refractivity contribution in [2.24, 2.45) is 5.92 Å². The second-order valence-corrected chi connectivity index (χ2v) is 6.08. The fraction of sp³-hybridized carbons (Fsp3) is 0.667. The van der Waals surface area contributed by atoms with E-state index in [-0.39, 0.29) is 6.10 Å². The normalized spacial score (nSPS) is 13.1. The molecule has 19 heavy (non-hydrogen) atoms. The molecule has 0 aliphatic rings. The van der Waals surface area contributed by atoms with Crippen LogP contribution in [0.25, 0.3) is 0 Å². The summed E-state index contributed by atoms with van der Waals surface area (Å²) in [6.07, 6.45) is 1.18. The van der Waals surface area contributed by atoms with Gasteiger partial charge in [-0.3, -0.25) is 0 Å². The maximum Gasteiger partial charge on any atom is 0.213 e. The van der Waals surface area contributed by atoms with Gasteiger partial charge in [-0.2, -0.15) is 0 Å². The highest BCUT2D eigenvalue weighted by atomic mass is 35.5. The molecule has 1 N–H and O–H groups in total. The molecule has 1 aromatic rings. The van der Waals surface area contributed by atoms with Gasteiger partial charge in [-0.05, 0) is 25.3 Å². The largest absolute Gasteiger partial charge is 0.475 e. The molecule has 0 aromatic carbocycles. The molecule has 1 aromatic heterocycles. The molecule has 4 heteroatoms. The number of hydrogen-bond donors (Lipinski definition) is 1. The Hall–Kier alpha value is -0.800. The second-order valence-electron chi connectivity index (χ2n) is 5.67. The molecule has 1 atom stereocenters. The summed E-state index contributed by atoms with van der Waals surface area (Å²) >= 11 is 6.14. The highest BCUT2D eigenvalue weighted by Crippen LogP contribution is 2.20. The Balaban J connectivity index is 2.67. The molecule has 3 nitrogen and oxygen atoms in total. The maximum atomic E-state index is 6.14. The number of hydrogen-bond acceptors (Lipinski definition) is 3. The molecule has 0 saturated carbocycles. The fourth-order valence-corrected chi connectivity index (χ4v) is 2.04. The van der Waals surface area contributed by atoms with Crippen molar-refractivity contribution in [3.63, 3.8) is 0 Å². The molecule has 0 radical (unpaired) electrons. The quantitative estimate of drug-likeness (QED) is 0.820. The smallest absolute Gasteiger partial charge is 0.213 e. The third-order valence-corrected chi connectivity index (χ3v) is 3.04. The van der Waals surface area contributed by atoms with Crippen molar-refractivity contribution < 1.29 is 4.74 Å². The average molecular weight is 285 g/mol. The summed E-state index contributed by atoms with van der Waals surface area (Å²) in [4.78, 5) is 4.47. The minimum absolute atomic E-state index is 0.166. The molecule has 0 aliphatic heterocycles. The first kappa shape index (κ1) is 16.3. The summed E-state index contributed by atoms with van der Waals surface area (Å²) in [6.45, 7) is 11.3. The standard InChI is InChI=1S/C15H25ClN2O/c1-10(2)8-12(5)19-15-7-6-13(16)14(18-15)9-17-11(3)4/h6-7,10-12,17H,8-9H2,1-5H3. The van der Waals surface area contributed by atoms with E-state index in [9.17, 15) is 0 Å². The molecule has 1 unspecified atom stereocenters. The van der Waals surface area contributed by atoms with Gasteiger partial charge in [-0.25, -0.2) is 4.98 Å². The van der Waals surface area contributed by atoms with E-state index in [1.807, 2.05) is 12.1 Å². The molecule has 0 amide bonds. The summed E-state index contributed by atoms with van der Waals surface area (Å²) in [5.41, 5.74) is 0.838. The van der Waals surface area contributed by atoms with Gasteiger partial charge in [0.1, 0.15) is 0 Å². The molecular formula is C15H25ClN2O. The average Bonchev–Trinajstić information content (AvgIpc) is 2.28. The van der Waals surface area contributed by atoms with E-state index in [2.05, 4.69) is 44.9 Å². The van der Waals surface area contributed by atoms with Crippen molar-refractivity contribution in [3.05, 3.63) is 22.8 Å². The maximum absolute atomic E-state index is 6.14. The molecule has 0 saturated heterocycles. The van der Waals surface area contributed by atoms with Crippen molar-refractivity contribution in [1.29, 1.82) is 0 Å². The van der Waals surface area contributed by atoms with Crippen molar-refractivity contribution in [1.82, 2.24) is 10.3 Å². The van der Waals surface area contributed by atoms with Crippen LogP contribution in [0.2, 0.25) is 5.02 Å². The minimum atomic E-state index is 0.166. The fourth-order valence-electron chi connectivity index (χ4n) is 1.87. The van der Waals surface area contributed by atoms with Gasteiger partial charge in [0.25, 0.3) is 0 Å². The van der Waals surface area contributed by atoms with Gasteiger partial charge in [-0.15, -0.1) is 0 Å². The van der Waals surface area contributed by atoms with Crippen LogP contribution in [0, 0.1) is 5.92 Å². The summed E-state index contributed by atoms with van der Waals surface area (Å²) in [5, 5.41) is 3.99. The highest BCUT2D eigenvalue weighted by molar-refractivity contribution is 6.31. The van der Waals surface area contributed by atoms with Crippen molar-refractivity contribution in [2.75, 3.05) is 0 Å². The molecule has 1 heterocycles. The number of ether oxygens (including phenoxy) is 1. The van der Waals surface area contributed by atoms with Crippen LogP contribution in [0.5, 0.6) is 5.88 Å². The summed E-state index contributed by atoms with van der Waals surface area (Å²) in [6, 6.07) is 4.09. The Kier molecular flexibility index (Phi) is 6.59. The van der Waals surface area contributed by atoms with Crippen LogP contribution in [0.4, 0.5) is 0 Å². The number of aromatic nitrogens is 1. The Morgan fingerprint density at radius 2 is 1.89 bits per heavy atom. The molecule has 0 fully saturated rings. The Morgan fingerprint density at radius 1 is 1.21 bits per heavy atom. The lowest BCUT2D eigenvalue weighted by Gasteiger charge is -2.17. The van der Waals surface area contributed by atoms with Gasteiger partial charge in [0.2, 0.25) is 5.88 Å². The first-order valence-electron chi connectivity index (χ1n) is 6.94. The van der Waals surface area contributed by atoms with Crippen molar-refractivity contribution in [2.45, 2.75) is 59.7 Å². The zero-order valence-corrected chi connectivity index (χ0v) is 13.3. The number of halogens is 1. The van der Waals surface area contributed by atoms with E-state index in [0.717, 1.165) is 12.1 Å². The van der Waals surface area contributed by atoms with E-state index in [0.29, 0.717) is 29.4 Å². The number of pyridine rings is 1. The Bertz CT molecular complexity index is 394. The van der Waals surface area contributed by atoms with Crippen molar-refractivity contribution >= 4 is 11.6 Å². The molecule has 0 bridgehead atoms. The van der Waals surface area contributed by atoms with Crippen LogP contribution in [0.3, 0.4) is 0 Å². The Labute approximate surface area is 121 Å². The lowest BCUT2D eigenvalue weighted by Crippen LogP contribution is -2.23. The van der Waals surface area contributed by atoms with Gasteiger partial charge in [0, 0.05) is 18.7 Å². The Morgan fingerprint density at radius 3 is 2.47 bits per heavy atom. The highest BCUT2D eigenvalue weighted by Gasteiger charge is 2.10. The molecule has 0 aliphatic carbocycles. The second kappa shape index (κ2) is 7.71. The SMILES string of the molecule is CC(C)CC(C)Oc1ccc(Cl)c(CNC(C)C)n1. The third kappa shape index (κ3) is 6.26. The lowest BCUT2D eigenvalue weighted by atomic mass is 10.1. The molecule has 108 valence electrons. The predicted molar refractivity (Wildman–Crippen MR) is 80.8 cm³/mol. The zero-order chi connectivity index (χ0) is 14.4. The number of rotatable bonds is 7. The van der Waals surface area contributed by atoms with Gasteiger partial charge < -0.3 is 10.1 Å². The summed E-state index contributed by atoms with van der Waals surface area (Å²) in [7, 11) is 0. The first-order valence-corrected chi connectivity index (χ1v) is 7.31. The van der Waals surface area contributed by atoms with Crippen LogP contribution < -0.4 is 10.1 Å². The first-order chi connectivity index (χ1) is 8.88. The third-order valence-electron chi connectivity index (χ3n) is 2.70. The van der Waals surface area contributed by atoms with Crippen LogP contribution in [-0.2, 0) is 6.54 Å². The van der Waals surface area contributed by atoms with Gasteiger partial charge in [0.05, 0.1) is 16.8 Å².